The average Bonchev–Trinajstić information content (AvgIpc) is 2.44. The molecule has 2 N–H and O–H groups in total. The van der Waals surface area contributed by atoms with Crippen LogP contribution in [0.25, 0.3) is 11.5 Å². The molecule has 2 heterocycles. The summed E-state index contributed by atoms with van der Waals surface area (Å²) in [5.74, 6) is 1.39. The van der Waals surface area contributed by atoms with Crippen LogP contribution in [-0.4, -0.2) is 29.2 Å². The Morgan fingerprint density at radius 3 is 2.68 bits per heavy atom. The summed E-state index contributed by atoms with van der Waals surface area (Å²) in [6, 6.07) is 5.39. The van der Waals surface area contributed by atoms with Gasteiger partial charge in [0, 0.05) is 13.2 Å². The van der Waals surface area contributed by atoms with E-state index in [-0.39, 0.29) is 0 Å². The van der Waals surface area contributed by atoms with Crippen molar-refractivity contribution in [2.75, 3.05) is 20.0 Å². The Morgan fingerprint density at radius 2 is 2.00 bits per heavy atom. The van der Waals surface area contributed by atoms with Crippen LogP contribution in [0.15, 0.2) is 18.2 Å². The van der Waals surface area contributed by atoms with Crippen molar-refractivity contribution in [1.29, 1.82) is 0 Å². The average molecular weight is 372 g/mol. The lowest BCUT2D eigenvalue weighted by molar-refractivity contribution is 0.181. The number of ether oxygens (including phenoxy) is 2. The monoisotopic (exact) mass is 372 g/mol. The molecule has 19 heavy (non-hydrogen) atoms. The predicted octanol–water partition coefficient (Wildman–Crippen LogP) is 1.88. The maximum atomic E-state index is 5.89. The van der Waals surface area contributed by atoms with Crippen molar-refractivity contribution in [3.8, 4) is 17.4 Å². The molecule has 0 aliphatic heterocycles. The van der Waals surface area contributed by atoms with Crippen LogP contribution < -0.4 is 10.5 Å². The fourth-order valence-corrected chi connectivity index (χ4v) is 1.91. The zero-order valence-electron chi connectivity index (χ0n) is 10.6. The fourth-order valence-electron chi connectivity index (χ4n) is 1.51. The molecule has 0 saturated carbocycles. The third kappa shape index (κ3) is 3.10. The molecule has 0 amide bonds. The molecule has 0 aromatic carbocycles. The van der Waals surface area contributed by atoms with Crippen molar-refractivity contribution in [3.63, 3.8) is 0 Å². The molecule has 0 radical (unpaired) electrons. The van der Waals surface area contributed by atoms with Gasteiger partial charge in [0.1, 0.15) is 11.5 Å². The zero-order valence-corrected chi connectivity index (χ0v) is 12.7. The van der Waals surface area contributed by atoms with Gasteiger partial charge in [-0.3, -0.25) is 0 Å². The number of hydrogen-bond donors (Lipinski definition) is 1. The van der Waals surface area contributed by atoms with Crippen molar-refractivity contribution in [1.82, 2.24) is 15.0 Å². The van der Waals surface area contributed by atoms with E-state index in [9.17, 15) is 0 Å². The third-order valence-corrected chi connectivity index (χ3v) is 3.56. The number of methoxy groups -OCH3 is 2. The smallest absolute Gasteiger partial charge is 0.213 e. The molecule has 0 saturated heterocycles. The number of nitrogens with two attached hydrogens (primary N) is 1. The molecular formula is C12H13IN4O2. The lowest BCUT2D eigenvalue weighted by Crippen LogP contribution is -2.06. The third-order valence-electron chi connectivity index (χ3n) is 2.39. The summed E-state index contributed by atoms with van der Waals surface area (Å²) in [6.45, 7) is 0.377. The second kappa shape index (κ2) is 6.11. The number of rotatable bonds is 4. The highest BCUT2D eigenvalue weighted by atomic mass is 127. The lowest BCUT2D eigenvalue weighted by atomic mass is 10.3. The van der Waals surface area contributed by atoms with Gasteiger partial charge < -0.3 is 15.2 Å². The fraction of sp³-hybridized carbons (Fsp3) is 0.250. The van der Waals surface area contributed by atoms with E-state index in [0.29, 0.717) is 29.8 Å². The zero-order chi connectivity index (χ0) is 13.8. The van der Waals surface area contributed by atoms with Crippen molar-refractivity contribution in [2.24, 2.45) is 0 Å². The quantitative estimate of drug-likeness (QED) is 0.826. The first-order chi connectivity index (χ1) is 9.15. The van der Waals surface area contributed by atoms with Crippen molar-refractivity contribution >= 4 is 28.4 Å². The number of hydrogen-bond acceptors (Lipinski definition) is 6. The number of nitrogens with zero attached hydrogens (tertiary/aromatic N) is 3. The molecule has 0 unspecified atom stereocenters. The number of aromatic nitrogens is 3. The van der Waals surface area contributed by atoms with Gasteiger partial charge in [-0.15, -0.1) is 0 Å². The van der Waals surface area contributed by atoms with Gasteiger partial charge in [-0.1, -0.05) is 6.07 Å². The Kier molecular flexibility index (Phi) is 4.48. The van der Waals surface area contributed by atoms with Gasteiger partial charge in [0.15, 0.2) is 5.82 Å². The molecule has 0 bridgehead atoms. The first-order valence-electron chi connectivity index (χ1n) is 5.48. The van der Waals surface area contributed by atoms with Crippen LogP contribution in [0, 0.1) is 3.57 Å². The highest BCUT2D eigenvalue weighted by Crippen LogP contribution is 2.22. The van der Waals surface area contributed by atoms with Crippen LogP contribution in [-0.2, 0) is 11.3 Å². The molecule has 2 aromatic heterocycles. The summed E-state index contributed by atoms with van der Waals surface area (Å²) in [7, 11) is 3.17. The molecule has 6 nitrogen and oxygen atoms in total. The molecule has 0 spiro atoms. The SMILES string of the molecule is COCc1nc(-c2cccc(OC)n2)nc(N)c1I. The van der Waals surface area contributed by atoms with E-state index in [1.165, 1.54) is 0 Å². The van der Waals surface area contributed by atoms with Gasteiger partial charge in [0.05, 0.1) is 23.0 Å². The van der Waals surface area contributed by atoms with Gasteiger partial charge >= 0.3 is 0 Å². The first kappa shape index (κ1) is 13.9. The Bertz CT molecular complexity index is 592. The normalized spacial score (nSPS) is 10.5. The second-order valence-corrected chi connectivity index (χ2v) is 4.77. The summed E-state index contributed by atoms with van der Waals surface area (Å²) in [5, 5.41) is 0. The summed E-state index contributed by atoms with van der Waals surface area (Å²) in [4.78, 5) is 13.0. The molecule has 0 fully saturated rings. The van der Waals surface area contributed by atoms with Crippen LogP contribution in [0.4, 0.5) is 5.82 Å². The Balaban J connectivity index is 2.49. The first-order valence-corrected chi connectivity index (χ1v) is 6.55. The van der Waals surface area contributed by atoms with Gasteiger partial charge in [-0.25, -0.2) is 15.0 Å². The summed E-state index contributed by atoms with van der Waals surface area (Å²) < 4.78 is 11.0. The number of anilines is 1. The van der Waals surface area contributed by atoms with E-state index in [1.807, 2.05) is 6.07 Å². The van der Waals surface area contributed by atoms with Gasteiger partial charge in [0.25, 0.3) is 0 Å². The molecule has 100 valence electrons. The van der Waals surface area contributed by atoms with E-state index < -0.39 is 0 Å². The largest absolute Gasteiger partial charge is 0.481 e. The summed E-state index contributed by atoms with van der Waals surface area (Å²) in [6.07, 6.45) is 0. The standard InChI is InChI=1S/C12H13IN4O2/c1-18-6-8-10(13)11(14)17-12(16-8)7-4-3-5-9(15-7)19-2/h3-5H,6H2,1-2H3,(H2,14,16,17). The van der Waals surface area contributed by atoms with Crippen LogP contribution in [0.1, 0.15) is 5.69 Å². The van der Waals surface area contributed by atoms with Gasteiger partial charge in [-0.2, -0.15) is 0 Å². The molecule has 0 atom stereocenters. The van der Waals surface area contributed by atoms with E-state index in [0.717, 1.165) is 9.26 Å². The summed E-state index contributed by atoms with van der Waals surface area (Å²) in [5.41, 5.74) is 7.24. The Labute approximate surface area is 124 Å². The molecule has 7 heteroatoms. The lowest BCUT2D eigenvalue weighted by Gasteiger charge is -2.08. The van der Waals surface area contributed by atoms with E-state index in [1.54, 1.807) is 26.4 Å². The molecule has 2 rings (SSSR count). The van der Waals surface area contributed by atoms with E-state index in [2.05, 4.69) is 37.5 Å². The minimum absolute atomic E-state index is 0.377. The maximum absolute atomic E-state index is 5.89. The molecule has 2 aromatic rings. The molecular weight excluding hydrogens is 359 g/mol. The van der Waals surface area contributed by atoms with Crippen LogP contribution in [0.3, 0.4) is 0 Å². The van der Waals surface area contributed by atoms with Crippen LogP contribution in [0.5, 0.6) is 5.88 Å². The van der Waals surface area contributed by atoms with Crippen molar-refractivity contribution in [2.45, 2.75) is 6.61 Å². The minimum atomic E-state index is 0.377. The van der Waals surface area contributed by atoms with E-state index in [4.69, 9.17) is 15.2 Å². The van der Waals surface area contributed by atoms with Crippen LogP contribution in [0.2, 0.25) is 0 Å². The highest BCUT2D eigenvalue weighted by molar-refractivity contribution is 14.1. The van der Waals surface area contributed by atoms with E-state index >= 15 is 0 Å². The predicted molar refractivity (Wildman–Crippen MR) is 79.7 cm³/mol. The second-order valence-electron chi connectivity index (χ2n) is 3.69. The maximum Gasteiger partial charge on any atom is 0.213 e. The minimum Gasteiger partial charge on any atom is -0.481 e. The van der Waals surface area contributed by atoms with Crippen LogP contribution >= 0.6 is 22.6 Å². The van der Waals surface area contributed by atoms with Crippen molar-refractivity contribution < 1.29 is 9.47 Å². The van der Waals surface area contributed by atoms with Crippen molar-refractivity contribution in [3.05, 3.63) is 27.5 Å². The van der Waals surface area contributed by atoms with Gasteiger partial charge in [-0.05, 0) is 28.7 Å². The highest BCUT2D eigenvalue weighted by Gasteiger charge is 2.12. The Morgan fingerprint density at radius 1 is 1.21 bits per heavy atom. The number of pyridine rings is 1. The summed E-state index contributed by atoms with van der Waals surface area (Å²) >= 11 is 2.10. The number of nitrogen functional groups attached to an aromatic ring is 1. The number of halogens is 1. The Hall–Kier alpha value is -1.48. The molecule has 0 aliphatic rings. The van der Waals surface area contributed by atoms with Gasteiger partial charge in [0.2, 0.25) is 5.88 Å². The molecule has 0 aliphatic carbocycles. The topological polar surface area (TPSA) is 83.2 Å².